The zero-order chi connectivity index (χ0) is 23.0. The van der Waals surface area contributed by atoms with Crippen LogP contribution in [0.2, 0.25) is 0 Å². The maximum absolute atomic E-state index is 13.1. The van der Waals surface area contributed by atoms with Crippen LogP contribution in [-0.4, -0.2) is 35.3 Å². The average molecular weight is 445 g/mol. The molecule has 8 nitrogen and oxygen atoms in total. The molecule has 3 aromatic rings. The van der Waals surface area contributed by atoms with Gasteiger partial charge in [0.05, 0.1) is 25.5 Å². The average Bonchev–Trinajstić information content (AvgIpc) is 3.34. The Morgan fingerprint density at radius 3 is 2.32 bits per heavy atom. The molecule has 0 bridgehead atoms. The van der Waals surface area contributed by atoms with Crippen molar-refractivity contribution in [3.05, 3.63) is 40.5 Å². The summed E-state index contributed by atoms with van der Waals surface area (Å²) in [5.74, 6) is 1.94. The number of aromatic nitrogens is 3. The SMILES string of the molecule is COc1ccc(-c2nc(C)c(C(=O)NC(C)(C)c3noc(C(C)(C)C)n3)s2)cc1OC. The number of amides is 1. The number of thiazole rings is 1. The highest BCUT2D eigenvalue weighted by Crippen LogP contribution is 2.35. The molecular formula is C22H28N4O4S. The first kappa shape index (κ1) is 22.7. The third-order valence-corrected chi connectivity index (χ3v) is 5.89. The van der Waals surface area contributed by atoms with E-state index in [1.165, 1.54) is 11.3 Å². The predicted molar refractivity (Wildman–Crippen MR) is 119 cm³/mol. The second-order valence-corrected chi connectivity index (χ2v) is 9.75. The molecule has 0 radical (unpaired) electrons. The molecule has 1 aromatic carbocycles. The highest BCUT2D eigenvalue weighted by atomic mass is 32.1. The zero-order valence-electron chi connectivity index (χ0n) is 19.1. The van der Waals surface area contributed by atoms with Crippen molar-refractivity contribution in [2.45, 2.75) is 52.5 Å². The molecule has 0 atom stereocenters. The number of carbonyl (C=O) groups excluding carboxylic acids is 1. The van der Waals surface area contributed by atoms with Crippen LogP contribution >= 0.6 is 11.3 Å². The first-order chi connectivity index (χ1) is 14.5. The van der Waals surface area contributed by atoms with E-state index >= 15 is 0 Å². The van der Waals surface area contributed by atoms with Gasteiger partial charge in [-0.1, -0.05) is 25.9 Å². The number of methoxy groups -OCH3 is 2. The molecule has 2 aromatic heterocycles. The van der Waals surface area contributed by atoms with Gasteiger partial charge in [-0.05, 0) is 39.0 Å². The number of rotatable bonds is 6. The van der Waals surface area contributed by atoms with E-state index in [4.69, 9.17) is 14.0 Å². The summed E-state index contributed by atoms with van der Waals surface area (Å²) in [6, 6.07) is 5.55. The Labute approximate surface area is 186 Å². The van der Waals surface area contributed by atoms with Gasteiger partial charge in [0, 0.05) is 11.0 Å². The highest BCUT2D eigenvalue weighted by molar-refractivity contribution is 7.17. The molecule has 0 spiro atoms. The van der Waals surface area contributed by atoms with Gasteiger partial charge in [0.2, 0.25) is 5.89 Å². The number of benzene rings is 1. The molecule has 0 unspecified atom stereocenters. The Hall–Kier alpha value is -2.94. The third-order valence-electron chi connectivity index (χ3n) is 4.69. The minimum absolute atomic E-state index is 0.242. The number of ether oxygens (including phenoxy) is 2. The normalized spacial score (nSPS) is 12.0. The van der Waals surface area contributed by atoms with E-state index in [0.717, 1.165) is 10.6 Å². The van der Waals surface area contributed by atoms with E-state index in [0.29, 0.717) is 33.8 Å². The van der Waals surface area contributed by atoms with Crippen LogP contribution in [0.25, 0.3) is 10.6 Å². The van der Waals surface area contributed by atoms with E-state index in [-0.39, 0.29) is 11.3 Å². The van der Waals surface area contributed by atoms with Crippen molar-refractivity contribution in [3.8, 4) is 22.1 Å². The second-order valence-electron chi connectivity index (χ2n) is 8.76. The fraction of sp³-hybridized carbons (Fsp3) is 0.455. The standard InChI is InChI=1S/C22H28N4O4S/c1-12-16(31-18(23-12)13-9-10-14(28-7)15(11-13)29-8)17(27)25-22(5,6)19-24-20(30-26-19)21(2,3)4/h9-11H,1-8H3,(H,25,27). The van der Waals surface area contributed by atoms with Crippen molar-refractivity contribution in [1.82, 2.24) is 20.4 Å². The van der Waals surface area contributed by atoms with Crippen molar-refractivity contribution in [2.24, 2.45) is 0 Å². The number of nitrogens with one attached hydrogen (secondary N) is 1. The fourth-order valence-electron chi connectivity index (χ4n) is 2.88. The lowest BCUT2D eigenvalue weighted by molar-refractivity contribution is 0.0910. The van der Waals surface area contributed by atoms with E-state index in [1.807, 2.05) is 59.7 Å². The van der Waals surface area contributed by atoms with E-state index < -0.39 is 5.54 Å². The largest absolute Gasteiger partial charge is 0.493 e. The summed E-state index contributed by atoms with van der Waals surface area (Å²) in [5, 5.41) is 7.79. The molecule has 166 valence electrons. The molecule has 1 amide bonds. The van der Waals surface area contributed by atoms with Gasteiger partial charge in [0.25, 0.3) is 5.91 Å². The maximum Gasteiger partial charge on any atom is 0.264 e. The summed E-state index contributed by atoms with van der Waals surface area (Å²) in [4.78, 5) is 22.6. The number of carbonyl (C=O) groups is 1. The molecule has 2 heterocycles. The monoisotopic (exact) mass is 444 g/mol. The van der Waals surface area contributed by atoms with Gasteiger partial charge in [-0.2, -0.15) is 4.98 Å². The van der Waals surface area contributed by atoms with Crippen LogP contribution < -0.4 is 14.8 Å². The van der Waals surface area contributed by atoms with Crippen LogP contribution in [0.1, 0.15) is 61.7 Å². The lowest BCUT2D eigenvalue weighted by Gasteiger charge is -2.22. The summed E-state index contributed by atoms with van der Waals surface area (Å²) in [7, 11) is 3.17. The van der Waals surface area contributed by atoms with Crippen LogP contribution in [0.4, 0.5) is 0 Å². The van der Waals surface area contributed by atoms with Gasteiger partial charge in [-0.15, -0.1) is 11.3 Å². The zero-order valence-corrected chi connectivity index (χ0v) is 19.9. The molecule has 1 N–H and O–H groups in total. The van der Waals surface area contributed by atoms with Gasteiger partial charge >= 0.3 is 0 Å². The van der Waals surface area contributed by atoms with E-state index in [2.05, 4.69) is 20.4 Å². The van der Waals surface area contributed by atoms with E-state index in [1.54, 1.807) is 14.2 Å². The number of aryl methyl sites for hydroxylation is 1. The molecular weight excluding hydrogens is 416 g/mol. The molecule has 3 rings (SSSR count). The molecule has 31 heavy (non-hydrogen) atoms. The van der Waals surface area contributed by atoms with E-state index in [9.17, 15) is 4.79 Å². The lowest BCUT2D eigenvalue weighted by atomic mass is 9.97. The smallest absolute Gasteiger partial charge is 0.264 e. The molecule has 9 heteroatoms. The summed E-state index contributed by atoms with van der Waals surface area (Å²) in [6.45, 7) is 11.5. The third kappa shape index (κ3) is 4.71. The lowest BCUT2D eigenvalue weighted by Crippen LogP contribution is -2.41. The highest BCUT2D eigenvalue weighted by Gasteiger charge is 2.32. The molecule has 0 saturated heterocycles. The first-order valence-electron chi connectivity index (χ1n) is 9.83. The number of nitrogens with zero attached hydrogens (tertiary/aromatic N) is 3. The Morgan fingerprint density at radius 1 is 1.06 bits per heavy atom. The first-order valence-corrected chi connectivity index (χ1v) is 10.6. The minimum atomic E-state index is -0.815. The van der Waals surface area contributed by atoms with Crippen LogP contribution in [0.3, 0.4) is 0 Å². The Balaban J connectivity index is 1.85. The molecule has 0 aliphatic rings. The van der Waals surface area contributed by atoms with Gasteiger partial charge in [0.15, 0.2) is 17.3 Å². The second kappa shape index (κ2) is 8.30. The molecule has 0 fully saturated rings. The minimum Gasteiger partial charge on any atom is -0.493 e. The Morgan fingerprint density at radius 2 is 1.74 bits per heavy atom. The molecule has 0 aliphatic heterocycles. The quantitative estimate of drug-likeness (QED) is 0.598. The number of hydrogen-bond acceptors (Lipinski definition) is 8. The molecule has 0 aliphatic carbocycles. The van der Waals surface area contributed by atoms with Crippen molar-refractivity contribution in [1.29, 1.82) is 0 Å². The molecule has 0 saturated carbocycles. The van der Waals surface area contributed by atoms with Gasteiger partial charge in [-0.3, -0.25) is 4.79 Å². The summed E-state index contributed by atoms with van der Waals surface area (Å²) >= 11 is 1.31. The summed E-state index contributed by atoms with van der Waals surface area (Å²) in [6.07, 6.45) is 0. The Bertz CT molecular complexity index is 1100. The van der Waals surface area contributed by atoms with Crippen LogP contribution in [0, 0.1) is 6.92 Å². The fourth-order valence-corrected chi connectivity index (χ4v) is 3.84. The van der Waals surface area contributed by atoms with Crippen molar-refractivity contribution >= 4 is 17.2 Å². The van der Waals surface area contributed by atoms with Crippen LogP contribution in [0.15, 0.2) is 22.7 Å². The van der Waals surface area contributed by atoms with Crippen LogP contribution in [0.5, 0.6) is 11.5 Å². The number of hydrogen-bond donors (Lipinski definition) is 1. The summed E-state index contributed by atoms with van der Waals surface area (Å²) in [5.41, 5.74) is 0.404. The topological polar surface area (TPSA) is 99.4 Å². The van der Waals surface area contributed by atoms with Crippen molar-refractivity contribution in [2.75, 3.05) is 14.2 Å². The van der Waals surface area contributed by atoms with Gasteiger partial charge < -0.3 is 19.3 Å². The predicted octanol–water partition coefficient (Wildman–Crippen LogP) is 4.48. The van der Waals surface area contributed by atoms with Gasteiger partial charge in [0.1, 0.15) is 9.88 Å². The maximum atomic E-state index is 13.1. The van der Waals surface area contributed by atoms with Crippen LogP contribution in [-0.2, 0) is 11.0 Å². The van der Waals surface area contributed by atoms with Gasteiger partial charge in [-0.25, -0.2) is 4.98 Å². The van der Waals surface area contributed by atoms with Crippen molar-refractivity contribution < 1.29 is 18.8 Å². The van der Waals surface area contributed by atoms with Crippen molar-refractivity contribution in [3.63, 3.8) is 0 Å². The summed E-state index contributed by atoms with van der Waals surface area (Å²) < 4.78 is 16.0. The Kier molecular flexibility index (Phi) is 6.09.